The van der Waals surface area contributed by atoms with Crippen LogP contribution >= 0.6 is 0 Å². The van der Waals surface area contributed by atoms with Gasteiger partial charge in [0, 0.05) is 18.7 Å². The van der Waals surface area contributed by atoms with E-state index in [0.29, 0.717) is 31.4 Å². The number of nitrogens with zero attached hydrogens (tertiary/aromatic N) is 1. The zero-order chi connectivity index (χ0) is 22.3. The van der Waals surface area contributed by atoms with Crippen LogP contribution in [0, 0.1) is 11.7 Å². The first kappa shape index (κ1) is 22.8. The van der Waals surface area contributed by atoms with E-state index >= 15 is 0 Å². The lowest BCUT2D eigenvalue weighted by molar-refractivity contribution is 0.0950. The van der Waals surface area contributed by atoms with E-state index in [2.05, 4.69) is 41.4 Å². The molecule has 1 unspecified atom stereocenters. The number of amides is 1. The number of piperidine rings is 1. The molecule has 0 bridgehead atoms. The van der Waals surface area contributed by atoms with Crippen molar-refractivity contribution in [2.24, 2.45) is 5.92 Å². The third kappa shape index (κ3) is 6.32. The summed E-state index contributed by atoms with van der Waals surface area (Å²) in [5, 5.41) is 2.84. The largest absolute Gasteiger partial charge is 0.493 e. The Morgan fingerprint density at radius 1 is 1.12 bits per heavy atom. The highest BCUT2D eigenvalue weighted by Crippen LogP contribution is 2.32. The van der Waals surface area contributed by atoms with Gasteiger partial charge < -0.3 is 10.1 Å². The minimum absolute atomic E-state index is 0.0604. The fourth-order valence-electron chi connectivity index (χ4n) is 4.41. The molecule has 2 aliphatic rings. The summed E-state index contributed by atoms with van der Waals surface area (Å²) in [7, 11) is 0. The summed E-state index contributed by atoms with van der Waals surface area (Å²) in [5.41, 5.74) is 2.56. The van der Waals surface area contributed by atoms with Crippen LogP contribution in [0.3, 0.4) is 0 Å². The molecule has 0 spiro atoms. The molecule has 1 atom stereocenters. The second kappa shape index (κ2) is 11.0. The van der Waals surface area contributed by atoms with Gasteiger partial charge in [-0.1, -0.05) is 43.5 Å². The summed E-state index contributed by atoms with van der Waals surface area (Å²) >= 11 is 0. The Hall–Kier alpha value is -2.40. The van der Waals surface area contributed by atoms with Crippen LogP contribution in [0.4, 0.5) is 4.39 Å². The third-order valence-electron chi connectivity index (χ3n) is 6.78. The summed E-state index contributed by atoms with van der Waals surface area (Å²) in [5.74, 6) is 0.336. The fraction of sp³-hybridized carbons (Fsp3) is 0.519. The Balaban J connectivity index is 1.22. The van der Waals surface area contributed by atoms with Crippen molar-refractivity contribution in [1.29, 1.82) is 0 Å². The average molecular weight is 439 g/mol. The summed E-state index contributed by atoms with van der Waals surface area (Å²) in [6.07, 6.45) is 8.21. The maximum atomic E-state index is 14.4. The van der Waals surface area contributed by atoms with Crippen LogP contribution in [0.2, 0.25) is 0 Å². The monoisotopic (exact) mass is 438 g/mol. The molecule has 4 nitrogen and oxygen atoms in total. The SMILES string of the molecule is CC(c1ccc(CCNC(=O)c2ccc(OCCC3CC3)cc2F)cc1)N1CCCCC1. The Morgan fingerprint density at radius 3 is 2.56 bits per heavy atom. The van der Waals surface area contributed by atoms with Gasteiger partial charge in [0.1, 0.15) is 11.6 Å². The number of hydrogen-bond donors (Lipinski definition) is 1. The standard InChI is InChI=1S/C27H35FN2O2/c1-20(30-16-3-2-4-17-30)23-9-7-21(8-10-23)13-15-29-27(31)25-12-11-24(19-26(25)28)32-18-14-22-5-6-22/h7-12,19-20,22H,2-6,13-18H2,1H3,(H,29,31). The smallest absolute Gasteiger partial charge is 0.254 e. The number of carbonyl (C=O) groups is 1. The maximum Gasteiger partial charge on any atom is 0.254 e. The van der Waals surface area contributed by atoms with Gasteiger partial charge >= 0.3 is 0 Å². The van der Waals surface area contributed by atoms with E-state index in [1.807, 2.05) is 0 Å². The molecule has 1 aliphatic heterocycles. The van der Waals surface area contributed by atoms with Gasteiger partial charge in [0.25, 0.3) is 5.91 Å². The molecular weight excluding hydrogens is 403 g/mol. The Labute approximate surface area is 191 Å². The van der Waals surface area contributed by atoms with Crippen molar-refractivity contribution in [2.45, 2.75) is 57.9 Å². The number of likely N-dealkylation sites (tertiary alicyclic amines) is 1. The molecule has 2 aromatic carbocycles. The van der Waals surface area contributed by atoms with Crippen LogP contribution in [0.5, 0.6) is 5.75 Å². The van der Waals surface area contributed by atoms with Gasteiger partial charge in [0.2, 0.25) is 0 Å². The summed E-state index contributed by atoms with van der Waals surface area (Å²) < 4.78 is 20.0. The van der Waals surface area contributed by atoms with E-state index in [0.717, 1.165) is 12.3 Å². The molecule has 1 aliphatic carbocycles. The van der Waals surface area contributed by atoms with Gasteiger partial charge in [-0.05, 0) is 74.9 Å². The normalized spacial score (nSPS) is 17.7. The molecule has 32 heavy (non-hydrogen) atoms. The van der Waals surface area contributed by atoms with Crippen molar-refractivity contribution in [3.05, 3.63) is 65.0 Å². The quantitative estimate of drug-likeness (QED) is 0.531. The molecular formula is C27H35FN2O2. The minimum atomic E-state index is -0.539. The summed E-state index contributed by atoms with van der Waals surface area (Å²) in [4.78, 5) is 15.0. The second-order valence-corrected chi connectivity index (χ2v) is 9.24. The lowest BCUT2D eigenvalue weighted by Crippen LogP contribution is -2.32. The Morgan fingerprint density at radius 2 is 1.88 bits per heavy atom. The average Bonchev–Trinajstić information content (AvgIpc) is 3.64. The highest BCUT2D eigenvalue weighted by atomic mass is 19.1. The topological polar surface area (TPSA) is 41.6 Å². The van der Waals surface area contributed by atoms with Crippen LogP contribution in [-0.4, -0.2) is 37.0 Å². The van der Waals surface area contributed by atoms with Crippen molar-refractivity contribution < 1.29 is 13.9 Å². The predicted molar refractivity (Wildman–Crippen MR) is 126 cm³/mol. The number of halogens is 1. The molecule has 1 saturated carbocycles. The second-order valence-electron chi connectivity index (χ2n) is 9.24. The van der Waals surface area contributed by atoms with Gasteiger partial charge in [-0.2, -0.15) is 0 Å². The van der Waals surface area contributed by atoms with E-state index in [1.165, 1.54) is 68.5 Å². The van der Waals surface area contributed by atoms with Gasteiger partial charge in [-0.15, -0.1) is 0 Å². The lowest BCUT2D eigenvalue weighted by atomic mass is 10.0. The number of carbonyl (C=O) groups excluding carboxylic acids is 1. The van der Waals surface area contributed by atoms with Gasteiger partial charge in [-0.25, -0.2) is 4.39 Å². The molecule has 4 rings (SSSR count). The van der Waals surface area contributed by atoms with E-state index in [9.17, 15) is 9.18 Å². The van der Waals surface area contributed by atoms with Crippen molar-refractivity contribution in [3.8, 4) is 5.75 Å². The third-order valence-corrected chi connectivity index (χ3v) is 6.78. The van der Waals surface area contributed by atoms with Crippen molar-refractivity contribution in [2.75, 3.05) is 26.2 Å². The molecule has 1 saturated heterocycles. The van der Waals surface area contributed by atoms with E-state index < -0.39 is 5.82 Å². The van der Waals surface area contributed by atoms with Gasteiger partial charge in [-0.3, -0.25) is 9.69 Å². The molecule has 1 heterocycles. The van der Waals surface area contributed by atoms with Crippen molar-refractivity contribution >= 4 is 5.91 Å². The molecule has 2 aromatic rings. The zero-order valence-electron chi connectivity index (χ0n) is 19.1. The van der Waals surface area contributed by atoms with Crippen LogP contribution in [0.25, 0.3) is 0 Å². The molecule has 2 fully saturated rings. The predicted octanol–water partition coefficient (Wildman–Crippen LogP) is 5.52. The fourth-order valence-corrected chi connectivity index (χ4v) is 4.41. The van der Waals surface area contributed by atoms with Crippen LogP contribution in [-0.2, 0) is 6.42 Å². The Kier molecular flexibility index (Phi) is 7.80. The van der Waals surface area contributed by atoms with Crippen LogP contribution < -0.4 is 10.1 Å². The van der Waals surface area contributed by atoms with Crippen LogP contribution in [0.1, 0.15) is 73.0 Å². The van der Waals surface area contributed by atoms with E-state index in [-0.39, 0.29) is 11.5 Å². The number of rotatable bonds is 10. The lowest BCUT2D eigenvalue weighted by Gasteiger charge is -2.32. The number of nitrogens with one attached hydrogen (secondary N) is 1. The number of ether oxygens (including phenoxy) is 1. The number of hydrogen-bond acceptors (Lipinski definition) is 3. The first-order chi connectivity index (χ1) is 15.6. The molecule has 172 valence electrons. The van der Waals surface area contributed by atoms with Gasteiger partial charge in [0.15, 0.2) is 0 Å². The molecule has 0 aromatic heterocycles. The summed E-state index contributed by atoms with van der Waals surface area (Å²) in [6.45, 7) is 5.71. The summed E-state index contributed by atoms with van der Waals surface area (Å²) in [6, 6.07) is 13.6. The van der Waals surface area contributed by atoms with E-state index in [1.54, 1.807) is 6.07 Å². The van der Waals surface area contributed by atoms with Crippen LogP contribution in [0.15, 0.2) is 42.5 Å². The Bertz CT molecular complexity index is 889. The number of benzene rings is 2. The zero-order valence-corrected chi connectivity index (χ0v) is 19.1. The molecule has 0 radical (unpaired) electrons. The highest BCUT2D eigenvalue weighted by Gasteiger charge is 2.21. The molecule has 1 N–H and O–H groups in total. The first-order valence-electron chi connectivity index (χ1n) is 12.1. The van der Waals surface area contributed by atoms with Crippen molar-refractivity contribution in [3.63, 3.8) is 0 Å². The first-order valence-corrected chi connectivity index (χ1v) is 12.1. The minimum Gasteiger partial charge on any atom is -0.493 e. The van der Waals surface area contributed by atoms with Gasteiger partial charge in [0.05, 0.1) is 12.2 Å². The molecule has 1 amide bonds. The highest BCUT2D eigenvalue weighted by molar-refractivity contribution is 5.94. The van der Waals surface area contributed by atoms with Crippen molar-refractivity contribution in [1.82, 2.24) is 10.2 Å². The maximum absolute atomic E-state index is 14.4. The van der Waals surface area contributed by atoms with E-state index in [4.69, 9.17) is 4.74 Å². The molecule has 5 heteroatoms.